The van der Waals surface area contributed by atoms with Crippen LogP contribution in [0.25, 0.3) is 0 Å². The first-order chi connectivity index (χ1) is 9.20. The van der Waals surface area contributed by atoms with Crippen molar-refractivity contribution < 1.29 is 0 Å². The van der Waals surface area contributed by atoms with Crippen LogP contribution in [0.5, 0.6) is 0 Å². The SMILES string of the molecule is C#CC(N=C(N)N1CCSCC1)c1ccc(Cl)cc1. The van der Waals surface area contributed by atoms with Gasteiger partial charge in [-0.2, -0.15) is 11.8 Å². The number of aliphatic imine (C=N–C) groups is 1. The number of nitrogens with zero attached hydrogens (tertiary/aromatic N) is 2. The van der Waals surface area contributed by atoms with E-state index in [2.05, 4.69) is 15.8 Å². The Balaban J connectivity index is 2.13. The van der Waals surface area contributed by atoms with Gasteiger partial charge >= 0.3 is 0 Å². The molecule has 0 bridgehead atoms. The van der Waals surface area contributed by atoms with E-state index in [0.717, 1.165) is 30.2 Å². The van der Waals surface area contributed by atoms with Crippen molar-refractivity contribution in [3.05, 3.63) is 34.9 Å². The van der Waals surface area contributed by atoms with Crippen LogP contribution in [-0.4, -0.2) is 35.5 Å². The van der Waals surface area contributed by atoms with Gasteiger partial charge < -0.3 is 10.6 Å². The van der Waals surface area contributed by atoms with Gasteiger partial charge in [0.15, 0.2) is 5.96 Å². The van der Waals surface area contributed by atoms with Gasteiger partial charge in [0, 0.05) is 29.6 Å². The maximum Gasteiger partial charge on any atom is 0.192 e. The normalized spacial score (nSPS) is 17.9. The van der Waals surface area contributed by atoms with Crippen LogP contribution < -0.4 is 5.73 Å². The minimum absolute atomic E-state index is 0.355. The molecule has 0 aromatic heterocycles. The third-order valence-corrected chi connectivity index (χ3v) is 4.13. The van der Waals surface area contributed by atoms with E-state index in [1.54, 1.807) is 0 Å². The molecule has 19 heavy (non-hydrogen) atoms. The van der Waals surface area contributed by atoms with Crippen molar-refractivity contribution >= 4 is 29.3 Å². The number of guanidine groups is 1. The summed E-state index contributed by atoms with van der Waals surface area (Å²) in [4.78, 5) is 6.53. The Morgan fingerprint density at radius 2 is 2.00 bits per heavy atom. The molecule has 1 saturated heterocycles. The Morgan fingerprint density at radius 3 is 2.58 bits per heavy atom. The Hall–Kier alpha value is -1.31. The van der Waals surface area contributed by atoms with Crippen LogP contribution in [0.1, 0.15) is 11.6 Å². The molecule has 1 fully saturated rings. The zero-order valence-corrected chi connectivity index (χ0v) is 12.1. The summed E-state index contributed by atoms with van der Waals surface area (Å²) in [6.07, 6.45) is 5.55. The third-order valence-electron chi connectivity index (χ3n) is 2.94. The van der Waals surface area contributed by atoms with Crippen LogP contribution in [0.2, 0.25) is 5.02 Å². The fourth-order valence-electron chi connectivity index (χ4n) is 1.86. The van der Waals surface area contributed by atoms with Crippen molar-refractivity contribution in [1.29, 1.82) is 0 Å². The topological polar surface area (TPSA) is 41.6 Å². The molecule has 1 aliphatic rings. The number of terminal acetylenes is 1. The molecular formula is C14H16ClN3S. The van der Waals surface area contributed by atoms with Gasteiger partial charge in [-0.25, -0.2) is 4.99 Å². The van der Waals surface area contributed by atoms with Gasteiger partial charge in [0.05, 0.1) is 0 Å². The van der Waals surface area contributed by atoms with Crippen LogP contribution in [-0.2, 0) is 0 Å². The van der Waals surface area contributed by atoms with E-state index in [0.29, 0.717) is 11.0 Å². The van der Waals surface area contributed by atoms with Crippen LogP contribution in [0.15, 0.2) is 29.3 Å². The summed E-state index contributed by atoms with van der Waals surface area (Å²) in [5.41, 5.74) is 6.97. The van der Waals surface area contributed by atoms with E-state index in [4.69, 9.17) is 23.8 Å². The summed E-state index contributed by atoms with van der Waals surface area (Å²) in [6.45, 7) is 1.86. The standard InChI is InChI=1S/C14H16ClN3S/c1-2-13(11-3-5-12(15)6-4-11)17-14(16)18-7-9-19-10-8-18/h1,3-6,13H,7-10H2,(H2,16,17). The lowest BCUT2D eigenvalue weighted by molar-refractivity contribution is 0.454. The van der Waals surface area contributed by atoms with E-state index in [1.807, 2.05) is 36.0 Å². The van der Waals surface area contributed by atoms with Gasteiger partial charge in [0.1, 0.15) is 6.04 Å². The number of hydrogen-bond donors (Lipinski definition) is 1. The van der Waals surface area contributed by atoms with Gasteiger partial charge in [-0.3, -0.25) is 0 Å². The Bertz CT molecular complexity index is 486. The average Bonchev–Trinajstić information content (AvgIpc) is 2.46. The smallest absolute Gasteiger partial charge is 0.192 e. The van der Waals surface area contributed by atoms with Gasteiger partial charge in [0.25, 0.3) is 0 Å². The molecule has 0 saturated carbocycles. The summed E-state index contributed by atoms with van der Waals surface area (Å²) >= 11 is 7.80. The first kappa shape index (κ1) is 14.1. The number of hydrogen-bond acceptors (Lipinski definition) is 2. The lowest BCUT2D eigenvalue weighted by Crippen LogP contribution is -2.42. The molecule has 1 atom stereocenters. The number of nitrogens with two attached hydrogens (primary N) is 1. The van der Waals surface area contributed by atoms with Crippen LogP contribution in [0, 0.1) is 12.3 Å². The van der Waals surface area contributed by atoms with Crippen molar-refractivity contribution in [2.75, 3.05) is 24.6 Å². The predicted octanol–water partition coefficient (Wildman–Crippen LogP) is 2.38. The molecule has 0 aliphatic carbocycles. The molecule has 3 nitrogen and oxygen atoms in total. The monoisotopic (exact) mass is 293 g/mol. The fourth-order valence-corrected chi connectivity index (χ4v) is 2.89. The molecule has 1 unspecified atom stereocenters. The molecule has 1 aromatic carbocycles. The van der Waals surface area contributed by atoms with Crippen molar-refractivity contribution in [2.24, 2.45) is 10.7 Å². The summed E-state index contributed by atoms with van der Waals surface area (Å²) < 4.78 is 0. The molecule has 100 valence electrons. The second-order valence-corrected chi connectivity index (χ2v) is 5.87. The molecule has 5 heteroatoms. The predicted molar refractivity (Wildman–Crippen MR) is 83.5 cm³/mol. The van der Waals surface area contributed by atoms with E-state index in [1.165, 1.54) is 0 Å². The number of benzene rings is 1. The molecule has 2 rings (SSSR count). The Kier molecular flexibility index (Phi) is 5.00. The largest absolute Gasteiger partial charge is 0.370 e. The van der Waals surface area contributed by atoms with Gasteiger partial charge in [-0.15, -0.1) is 6.42 Å². The number of rotatable bonds is 2. The quantitative estimate of drug-likeness (QED) is 0.517. The molecule has 2 N–H and O–H groups in total. The highest BCUT2D eigenvalue weighted by molar-refractivity contribution is 7.99. The Morgan fingerprint density at radius 1 is 1.37 bits per heavy atom. The van der Waals surface area contributed by atoms with Gasteiger partial charge in [0.2, 0.25) is 0 Å². The second kappa shape index (κ2) is 6.74. The van der Waals surface area contributed by atoms with Gasteiger partial charge in [-0.05, 0) is 17.7 Å². The highest BCUT2D eigenvalue weighted by Gasteiger charge is 2.14. The van der Waals surface area contributed by atoms with Crippen molar-refractivity contribution in [3.63, 3.8) is 0 Å². The summed E-state index contributed by atoms with van der Waals surface area (Å²) in [7, 11) is 0. The van der Waals surface area contributed by atoms with Crippen LogP contribution in [0.3, 0.4) is 0 Å². The van der Waals surface area contributed by atoms with Crippen molar-refractivity contribution in [3.8, 4) is 12.3 Å². The number of thioether (sulfide) groups is 1. The average molecular weight is 294 g/mol. The lowest BCUT2D eigenvalue weighted by atomic mass is 10.1. The summed E-state index contributed by atoms with van der Waals surface area (Å²) in [5.74, 6) is 5.35. The molecule has 1 heterocycles. The van der Waals surface area contributed by atoms with Crippen LogP contribution in [0.4, 0.5) is 0 Å². The molecule has 0 radical (unpaired) electrons. The zero-order valence-electron chi connectivity index (χ0n) is 10.6. The van der Waals surface area contributed by atoms with E-state index >= 15 is 0 Å². The lowest BCUT2D eigenvalue weighted by Gasteiger charge is -2.27. The molecule has 0 spiro atoms. The van der Waals surface area contributed by atoms with Crippen molar-refractivity contribution in [1.82, 2.24) is 4.90 Å². The Labute approximate surface area is 123 Å². The molecular weight excluding hydrogens is 278 g/mol. The highest BCUT2D eigenvalue weighted by Crippen LogP contribution is 2.19. The molecule has 1 aliphatic heterocycles. The van der Waals surface area contributed by atoms with E-state index in [9.17, 15) is 0 Å². The van der Waals surface area contributed by atoms with E-state index < -0.39 is 0 Å². The minimum atomic E-state index is -0.355. The van der Waals surface area contributed by atoms with Crippen LogP contribution >= 0.6 is 23.4 Å². The first-order valence-corrected chi connectivity index (χ1v) is 7.61. The maximum atomic E-state index is 6.04. The molecule has 0 amide bonds. The summed E-state index contributed by atoms with van der Waals surface area (Å²) in [6, 6.07) is 7.03. The second-order valence-electron chi connectivity index (χ2n) is 4.21. The summed E-state index contributed by atoms with van der Waals surface area (Å²) in [5, 5.41) is 0.685. The maximum absolute atomic E-state index is 6.04. The highest BCUT2D eigenvalue weighted by atomic mass is 35.5. The first-order valence-electron chi connectivity index (χ1n) is 6.08. The van der Waals surface area contributed by atoms with E-state index in [-0.39, 0.29) is 6.04 Å². The molecule has 1 aromatic rings. The van der Waals surface area contributed by atoms with Gasteiger partial charge in [-0.1, -0.05) is 29.7 Å². The number of halogens is 1. The third kappa shape index (κ3) is 3.82. The van der Waals surface area contributed by atoms with Crippen molar-refractivity contribution in [2.45, 2.75) is 6.04 Å². The minimum Gasteiger partial charge on any atom is -0.370 e. The zero-order chi connectivity index (χ0) is 13.7. The fraction of sp³-hybridized carbons (Fsp3) is 0.357.